The molecule has 0 aliphatic carbocycles. The Morgan fingerprint density at radius 2 is 1.83 bits per heavy atom. The second kappa shape index (κ2) is 7.11. The number of aryl methyl sites for hydroxylation is 1. The zero-order valence-corrected chi connectivity index (χ0v) is 14.5. The van der Waals surface area contributed by atoms with Gasteiger partial charge in [-0.05, 0) is 49.2 Å². The summed E-state index contributed by atoms with van der Waals surface area (Å²) in [6.07, 6.45) is 0. The predicted molar refractivity (Wildman–Crippen MR) is 90.8 cm³/mol. The Hall–Kier alpha value is -2.25. The predicted octanol–water partition coefficient (Wildman–Crippen LogP) is 2.70. The van der Waals surface area contributed by atoms with Gasteiger partial charge in [-0.1, -0.05) is 18.2 Å². The number of carbonyl (C=O) groups is 1. The lowest BCUT2D eigenvalue weighted by Gasteiger charge is -2.17. The number of likely N-dealkylation sites (N-methyl/N-ethyl adjacent to an activating group) is 1. The van der Waals surface area contributed by atoms with Crippen molar-refractivity contribution in [3.63, 3.8) is 0 Å². The van der Waals surface area contributed by atoms with E-state index in [1.54, 1.807) is 6.07 Å². The SMILES string of the molecule is Cc1cccc(NC(=O)CN(C)S(=O)(=O)c2cccc(F)c2)c1C. The van der Waals surface area contributed by atoms with Crippen molar-refractivity contribution in [3.8, 4) is 0 Å². The summed E-state index contributed by atoms with van der Waals surface area (Å²) in [6.45, 7) is 3.43. The van der Waals surface area contributed by atoms with E-state index in [9.17, 15) is 17.6 Å². The molecule has 0 saturated heterocycles. The topological polar surface area (TPSA) is 66.5 Å². The fourth-order valence-electron chi connectivity index (χ4n) is 2.17. The Kier molecular flexibility index (Phi) is 5.36. The molecule has 0 aromatic heterocycles. The number of hydrogen-bond donors (Lipinski definition) is 1. The summed E-state index contributed by atoms with van der Waals surface area (Å²) < 4.78 is 38.9. The molecule has 2 rings (SSSR count). The van der Waals surface area contributed by atoms with Crippen LogP contribution in [0.2, 0.25) is 0 Å². The number of carbonyl (C=O) groups excluding carboxylic acids is 1. The number of rotatable bonds is 5. The highest BCUT2D eigenvalue weighted by atomic mass is 32.2. The van der Waals surface area contributed by atoms with E-state index in [1.807, 2.05) is 26.0 Å². The molecule has 0 atom stereocenters. The maximum absolute atomic E-state index is 13.2. The maximum atomic E-state index is 13.2. The molecular weight excluding hydrogens is 331 g/mol. The second-order valence-corrected chi connectivity index (χ2v) is 7.56. The van der Waals surface area contributed by atoms with E-state index in [0.717, 1.165) is 27.6 Å². The molecule has 0 unspecified atom stereocenters. The molecule has 0 fully saturated rings. The average Bonchev–Trinajstić information content (AvgIpc) is 2.51. The third-order valence-corrected chi connectivity index (χ3v) is 5.55. The van der Waals surface area contributed by atoms with Gasteiger partial charge in [0.25, 0.3) is 0 Å². The standard InChI is InChI=1S/C17H19FN2O3S/c1-12-6-4-9-16(13(12)2)19-17(21)11-20(3)24(22,23)15-8-5-7-14(18)10-15/h4-10H,11H2,1-3H3,(H,19,21). The number of sulfonamides is 1. The molecular formula is C17H19FN2O3S. The van der Waals surface area contributed by atoms with Gasteiger partial charge in [-0.3, -0.25) is 4.79 Å². The van der Waals surface area contributed by atoms with Crippen molar-refractivity contribution >= 4 is 21.6 Å². The molecule has 0 radical (unpaired) electrons. The van der Waals surface area contributed by atoms with Gasteiger partial charge in [-0.2, -0.15) is 4.31 Å². The summed E-state index contributed by atoms with van der Waals surface area (Å²) in [5, 5.41) is 2.70. The molecule has 24 heavy (non-hydrogen) atoms. The summed E-state index contributed by atoms with van der Waals surface area (Å²) in [4.78, 5) is 11.9. The summed E-state index contributed by atoms with van der Waals surface area (Å²) in [6, 6.07) is 10.2. The van der Waals surface area contributed by atoms with E-state index in [2.05, 4.69) is 5.32 Å². The van der Waals surface area contributed by atoms with Gasteiger partial charge in [0, 0.05) is 12.7 Å². The monoisotopic (exact) mass is 350 g/mol. The summed E-state index contributed by atoms with van der Waals surface area (Å²) in [5.41, 5.74) is 2.58. The van der Waals surface area contributed by atoms with Crippen molar-refractivity contribution in [3.05, 3.63) is 59.4 Å². The first-order valence-corrected chi connectivity index (χ1v) is 8.74. The molecule has 128 valence electrons. The van der Waals surface area contributed by atoms with Crippen LogP contribution in [-0.2, 0) is 14.8 Å². The van der Waals surface area contributed by atoms with Crippen molar-refractivity contribution < 1.29 is 17.6 Å². The van der Waals surface area contributed by atoms with Crippen LogP contribution < -0.4 is 5.32 Å². The molecule has 0 spiro atoms. The lowest BCUT2D eigenvalue weighted by Crippen LogP contribution is -2.35. The van der Waals surface area contributed by atoms with Crippen LogP contribution in [0.5, 0.6) is 0 Å². The van der Waals surface area contributed by atoms with Crippen LogP contribution in [-0.4, -0.2) is 32.2 Å². The Bertz CT molecular complexity index is 866. The van der Waals surface area contributed by atoms with Crippen LogP contribution in [0.1, 0.15) is 11.1 Å². The van der Waals surface area contributed by atoms with Gasteiger partial charge >= 0.3 is 0 Å². The molecule has 0 aliphatic rings. The molecule has 0 bridgehead atoms. The van der Waals surface area contributed by atoms with Crippen LogP contribution in [0, 0.1) is 19.7 Å². The minimum Gasteiger partial charge on any atom is -0.325 e. The van der Waals surface area contributed by atoms with Gasteiger partial charge in [-0.15, -0.1) is 0 Å². The molecule has 2 aromatic rings. The highest BCUT2D eigenvalue weighted by Gasteiger charge is 2.23. The van der Waals surface area contributed by atoms with Crippen LogP contribution >= 0.6 is 0 Å². The van der Waals surface area contributed by atoms with E-state index < -0.39 is 21.7 Å². The summed E-state index contributed by atoms with van der Waals surface area (Å²) in [7, 11) is -2.65. The lowest BCUT2D eigenvalue weighted by molar-refractivity contribution is -0.116. The largest absolute Gasteiger partial charge is 0.325 e. The molecule has 1 N–H and O–H groups in total. The Balaban J connectivity index is 2.12. The van der Waals surface area contributed by atoms with E-state index in [4.69, 9.17) is 0 Å². The normalized spacial score (nSPS) is 11.5. The molecule has 0 aliphatic heterocycles. The number of benzene rings is 2. The third-order valence-electron chi connectivity index (χ3n) is 3.75. The van der Waals surface area contributed by atoms with E-state index in [1.165, 1.54) is 19.2 Å². The fraction of sp³-hybridized carbons (Fsp3) is 0.235. The smallest absolute Gasteiger partial charge is 0.243 e. The molecule has 7 heteroatoms. The first kappa shape index (κ1) is 18.1. The Morgan fingerprint density at radius 3 is 2.50 bits per heavy atom. The fourth-order valence-corrected chi connectivity index (χ4v) is 3.33. The lowest BCUT2D eigenvalue weighted by atomic mass is 10.1. The first-order valence-electron chi connectivity index (χ1n) is 7.30. The molecule has 0 heterocycles. The first-order chi connectivity index (χ1) is 11.2. The van der Waals surface area contributed by atoms with Crippen LogP contribution in [0.15, 0.2) is 47.4 Å². The van der Waals surface area contributed by atoms with Gasteiger partial charge < -0.3 is 5.32 Å². The Morgan fingerprint density at radius 1 is 1.17 bits per heavy atom. The number of anilines is 1. The summed E-state index contributed by atoms with van der Waals surface area (Å²) in [5.74, 6) is -1.12. The van der Waals surface area contributed by atoms with Crippen LogP contribution in [0.25, 0.3) is 0 Å². The number of nitrogens with one attached hydrogen (secondary N) is 1. The van der Waals surface area contributed by atoms with Crippen LogP contribution in [0.4, 0.5) is 10.1 Å². The zero-order valence-electron chi connectivity index (χ0n) is 13.7. The number of hydrogen-bond acceptors (Lipinski definition) is 3. The maximum Gasteiger partial charge on any atom is 0.243 e. The van der Waals surface area contributed by atoms with Gasteiger partial charge in [0.1, 0.15) is 5.82 Å². The second-order valence-electron chi connectivity index (χ2n) is 5.51. The van der Waals surface area contributed by atoms with Gasteiger partial charge in [-0.25, -0.2) is 12.8 Å². The minimum absolute atomic E-state index is 0.190. The quantitative estimate of drug-likeness (QED) is 0.902. The minimum atomic E-state index is -3.93. The number of nitrogens with zero attached hydrogens (tertiary/aromatic N) is 1. The van der Waals surface area contributed by atoms with Crippen molar-refractivity contribution in [2.45, 2.75) is 18.7 Å². The highest BCUT2D eigenvalue weighted by Crippen LogP contribution is 2.19. The van der Waals surface area contributed by atoms with Crippen molar-refractivity contribution in [1.82, 2.24) is 4.31 Å². The number of amides is 1. The Labute approximate surface area is 141 Å². The molecule has 0 saturated carbocycles. The van der Waals surface area contributed by atoms with E-state index in [-0.39, 0.29) is 11.4 Å². The zero-order chi connectivity index (χ0) is 17.9. The van der Waals surface area contributed by atoms with Crippen molar-refractivity contribution in [1.29, 1.82) is 0 Å². The number of halogens is 1. The third kappa shape index (κ3) is 3.98. The molecule has 1 amide bonds. The van der Waals surface area contributed by atoms with Crippen molar-refractivity contribution in [2.24, 2.45) is 0 Å². The van der Waals surface area contributed by atoms with Crippen molar-refractivity contribution in [2.75, 3.05) is 18.9 Å². The molecule has 5 nitrogen and oxygen atoms in total. The summed E-state index contributed by atoms with van der Waals surface area (Å²) >= 11 is 0. The van der Waals surface area contributed by atoms with Gasteiger partial charge in [0.05, 0.1) is 11.4 Å². The van der Waals surface area contributed by atoms with E-state index in [0.29, 0.717) is 5.69 Å². The van der Waals surface area contributed by atoms with Gasteiger partial charge in [0.2, 0.25) is 15.9 Å². The average molecular weight is 350 g/mol. The van der Waals surface area contributed by atoms with E-state index >= 15 is 0 Å². The van der Waals surface area contributed by atoms with Gasteiger partial charge in [0.15, 0.2) is 0 Å². The highest BCUT2D eigenvalue weighted by molar-refractivity contribution is 7.89. The van der Waals surface area contributed by atoms with Crippen LogP contribution in [0.3, 0.4) is 0 Å². The molecule has 2 aromatic carbocycles.